The minimum Gasteiger partial charge on any atom is -0.356 e. The predicted molar refractivity (Wildman–Crippen MR) is 135 cm³/mol. The Bertz CT molecular complexity index is 936. The van der Waals surface area contributed by atoms with E-state index in [1.165, 1.54) is 18.2 Å². The molecule has 0 amide bonds. The summed E-state index contributed by atoms with van der Waals surface area (Å²) in [4.78, 5) is 4.48. The van der Waals surface area contributed by atoms with Crippen LogP contribution in [0.2, 0.25) is 0 Å². The number of aliphatic imine (C=N–C) groups is 1. The molecule has 30 heavy (non-hydrogen) atoms. The zero-order valence-corrected chi connectivity index (χ0v) is 21.5. The van der Waals surface area contributed by atoms with E-state index < -0.39 is 10.0 Å². The summed E-state index contributed by atoms with van der Waals surface area (Å²) in [7, 11) is -0.323. The quantitative estimate of drug-likeness (QED) is 0.284. The number of hydrogen-bond acceptors (Lipinski definition) is 3. The maximum atomic E-state index is 11.9. The molecule has 0 aromatic heterocycles. The first-order valence-electron chi connectivity index (χ1n) is 9.72. The lowest BCUT2D eigenvalue weighted by Gasteiger charge is -2.19. The van der Waals surface area contributed by atoms with Crippen molar-refractivity contribution in [1.82, 2.24) is 15.4 Å². The van der Waals surface area contributed by atoms with Gasteiger partial charge in [0.25, 0.3) is 0 Å². The number of nitrogens with zero attached hydrogens (tertiary/aromatic N) is 1. The smallest absolute Gasteiger partial charge is 0.240 e. The number of guanidine groups is 1. The number of halogens is 1. The first-order valence-corrected chi connectivity index (χ1v) is 11.2. The molecular weight excluding hydrogens is 511 g/mol. The third-order valence-electron chi connectivity index (χ3n) is 4.69. The van der Waals surface area contributed by atoms with E-state index in [0.717, 1.165) is 18.5 Å². The Morgan fingerprint density at radius 3 is 2.23 bits per heavy atom. The van der Waals surface area contributed by atoms with Crippen LogP contribution in [-0.2, 0) is 28.4 Å². The lowest BCUT2D eigenvalue weighted by atomic mass is 9.86. The Labute approximate surface area is 198 Å². The van der Waals surface area contributed by atoms with Gasteiger partial charge in [0.15, 0.2) is 5.96 Å². The zero-order chi connectivity index (χ0) is 21.5. The van der Waals surface area contributed by atoms with Gasteiger partial charge >= 0.3 is 0 Å². The summed E-state index contributed by atoms with van der Waals surface area (Å²) < 4.78 is 26.2. The van der Waals surface area contributed by atoms with E-state index >= 15 is 0 Å². The lowest BCUT2D eigenvalue weighted by Crippen LogP contribution is -2.37. The number of rotatable bonds is 7. The molecule has 166 valence electrons. The van der Waals surface area contributed by atoms with Crippen molar-refractivity contribution in [3.63, 3.8) is 0 Å². The van der Waals surface area contributed by atoms with Gasteiger partial charge in [-0.05, 0) is 47.7 Å². The molecule has 0 aliphatic heterocycles. The van der Waals surface area contributed by atoms with Crippen LogP contribution in [0.5, 0.6) is 0 Å². The van der Waals surface area contributed by atoms with Crippen molar-refractivity contribution in [2.45, 2.75) is 44.0 Å². The average molecular weight is 545 g/mol. The highest BCUT2D eigenvalue weighted by atomic mass is 127. The van der Waals surface area contributed by atoms with Crippen LogP contribution in [0.4, 0.5) is 0 Å². The molecule has 0 saturated heterocycles. The van der Waals surface area contributed by atoms with Crippen LogP contribution in [0.25, 0.3) is 0 Å². The van der Waals surface area contributed by atoms with Gasteiger partial charge < -0.3 is 10.6 Å². The van der Waals surface area contributed by atoms with Gasteiger partial charge in [0.2, 0.25) is 10.0 Å². The third kappa shape index (κ3) is 7.88. The number of sulfonamides is 1. The van der Waals surface area contributed by atoms with E-state index in [4.69, 9.17) is 0 Å². The summed E-state index contributed by atoms with van der Waals surface area (Å²) in [5.41, 5.74) is 3.62. The Balaban J connectivity index is 0.00000450. The molecule has 6 nitrogen and oxygen atoms in total. The SMILES string of the molecule is CN=C(NCCc1ccc(C(C)(C)C)cc1)NCc1cccc(S(=O)(=O)NC)c1.I. The monoisotopic (exact) mass is 544 g/mol. The Hall–Kier alpha value is -1.65. The minimum atomic E-state index is -3.45. The molecule has 0 atom stereocenters. The summed E-state index contributed by atoms with van der Waals surface area (Å²) in [6.07, 6.45) is 0.890. The highest BCUT2D eigenvalue weighted by Gasteiger charge is 2.13. The van der Waals surface area contributed by atoms with Gasteiger partial charge in [-0.3, -0.25) is 4.99 Å². The minimum absolute atomic E-state index is 0. The van der Waals surface area contributed by atoms with E-state index in [1.807, 2.05) is 6.07 Å². The van der Waals surface area contributed by atoms with Crippen LogP contribution >= 0.6 is 24.0 Å². The molecule has 0 fully saturated rings. The zero-order valence-electron chi connectivity index (χ0n) is 18.3. The van der Waals surface area contributed by atoms with E-state index in [0.29, 0.717) is 12.5 Å². The van der Waals surface area contributed by atoms with Gasteiger partial charge in [-0.1, -0.05) is 57.2 Å². The van der Waals surface area contributed by atoms with Gasteiger partial charge in [0.05, 0.1) is 4.90 Å². The Kier molecular flexibility index (Phi) is 10.3. The molecule has 0 unspecified atom stereocenters. The van der Waals surface area contributed by atoms with Gasteiger partial charge in [-0.15, -0.1) is 24.0 Å². The van der Waals surface area contributed by atoms with Crippen LogP contribution in [0, 0.1) is 0 Å². The molecule has 0 heterocycles. The largest absolute Gasteiger partial charge is 0.356 e. The second-order valence-corrected chi connectivity index (χ2v) is 9.79. The van der Waals surface area contributed by atoms with Crippen molar-refractivity contribution in [2.75, 3.05) is 20.6 Å². The van der Waals surface area contributed by atoms with Crippen molar-refractivity contribution in [3.05, 3.63) is 65.2 Å². The van der Waals surface area contributed by atoms with Crippen molar-refractivity contribution in [3.8, 4) is 0 Å². The normalized spacial score (nSPS) is 12.2. The number of benzene rings is 2. The molecule has 0 aliphatic rings. The molecule has 8 heteroatoms. The molecule has 2 rings (SSSR count). The number of hydrogen-bond donors (Lipinski definition) is 3. The van der Waals surface area contributed by atoms with Gasteiger partial charge in [0, 0.05) is 20.1 Å². The molecule has 0 aliphatic carbocycles. The summed E-state index contributed by atoms with van der Waals surface area (Å²) in [6, 6.07) is 15.6. The Morgan fingerprint density at radius 2 is 1.67 bits per heavy atom. The van der Waals surface area contributed by atoms with Crippen molar-refractivity contribution in [1.29, 1.82) is 0 Å². The topological polar surface area (TPSA) is 82.6 Å². The first-order chi connectivity index (χ1) is 13.7. The summed E-state index contributed by atoms with van der Waals surface area (Å²) in [5.74, 6) is 0.679. The molecule has 3 N–H and O–H groups in total. The lowest BCUT2D eigenvalue weighted by molar-refractivity contribution is 0.588. The summed E-state index contributed by atoms with van der Waals surface area (Å²) in [5, 5.41) is 6.52. The van der Waals surface area contributed by atoms with Crippen LogP contribution in [0.3, 0.4) is 0 Å². The molecule has 2 aromatic carbocycles. The van der Waals surface area contributed by atoms with E-state index in [-0.39, 0.29) is 34.3 Å². The molecule has 0 bridgehead atoms. The van der Waals surface area contributed by atoms with Gasteiger partial charge in [0.1, 0.15) is 0 Å². The van der Waals surface area contributed by atoms with Crippen LogP contribution in [0.15, 0.2) is 58.4 Å². The van der Waals surface area contributed by atoms with Gasteiger partial charge in [-0.2, -0.15) is 0 Å². The molecule has 0 saturated carbocycles. The summed E-state index contributed by atoms with van der Waals surface area (Å²) in [6.45, 7) is 7.87. The maximum Gasteiger partial charge on any atom is 0.240 e. The standard InChI is InChI=1S/C22H32N4O2S.HI/c1-22(2,3)19-11-9-17(10-12-19)13-14-25-21(23-4)26-16-18-7-6-8-20(15-18)29(27,28)24-5;/h6-12,15,24H,13-14,16H2,1-5H3,(H2,23,25,26);1H. The first kappa shape index (κ1) is 26.4. The highest BCUT2D eigenvalue weighted by molar-refractivity contribution is 14.0. The van der Waals surface area contributed by atoms with Crippen LogP contribution in [-0.4, -0.2) is 35.0 Å². The van der Waals surface area contributed by atoms with Crippen LogP contribution in [0.1, 0.15) is 37.5 Å². The number of nitrogens with one attached hydrogen (secondary N) is 3. The second kappa shape index (κ2) is 11.7. The maximum absolute atomic E-state index is 11.9. The van der Waals surface area contributed by atoms with E-state index in [2.05, 4.69) is 65.4 Å². The predicted octanol–water partition coefficient (Wildman–Crippen LogP) is 3.42. The van der Waals surface area contributed by atoms with E-state index in [9.17, 15) is 8.42 Å². The third-order valence-corrected chi connectivity index (χ3v) is 6.10. The fourth-order valence-corrected chi connectivity index (χ4v) is 3.64. The van der Waals surface area contributed by atoms with Crippen molar-refractivity contribution in [2.24, 2.45) is 4.99 Å². The molecular formula is C22H33IN4O2S. The molecule has 0 spiro atoms. The highest BCUT2D eigenvalue weighted by Crippen LogP contribution is 2.22. The average Bonchev–Trinajstić information content (AvgIpc) is 2.70. The fraction of sp³-hybridized carbons (Fsp3) is 0.409. The molecule has 2 aromatic rings. The summed E-state index contributed by atoms with van der Waals surface area (Å²) >= 11 is 0. The fourth-order valence-electron chi connectivity index (χ4n) is 2.84. The second-order valence-electron chi connectivity index (χ2n) is 7.90. The van der Waals surface area contributed by atoms with Crippen LogP contribution < -0.4 is 15.4 Å². The molecule has 0 radical (unpaired) electrons. The van der Waals surface area contributed by atoms with E-state index in [1.54, 1.807) is 25.2 Å². The van der Waals surface area contributed by atoms with Crippen molar-refractivity contribution < 1.29 is 8.42 Å². The Morgan fingerprint density at radius 1 is 1.00 bits per heavy atom. The van der Waals surface area contributed by atoms with Crippen molar-refractivity contribution >= 4 is 40.0 Å². The van der Waals surface area contributed by atoms with Gasteiger partial charge in [-0.25, -0.2) is 13.1 Å².